The maximum Gasteiger partial charge on any atom is 0.118 e. The summed E-state index contributed by atoms with van der Waals surface area (Å²) in [7, 11) is 1.74. The summed E-state index contributed by atoms with van der Waals surface area (Å²) < 4.78 is 7.61. The Hall–Kier alpha value is -1.62. The van der Waals surface area contributed by atoms with Gasteiger partial charge in [-0.15, -0.1) is 0 Å². The summed E-state index contributed by atoms with van der Waals surface area (Å²) in [6.07, 6.45) is 3.78. The average Bonchev–Trinajstić information content (AvgIpc) is 3.06. The van der Waals surface area contributed by atoms with Gasteiger partial charge in [-0.2, -0.15) is 0 Å². The number of nitrogens with zero attached hydrogens (tertiary/aromatic N) is 1. The Bertz CT molecular complexity index is 685. The molecule has 0 saturated carbocycles. The summed E-state index contributed by atoms with van der Waals surface area (Å²) in [6.45, 7) is 13.0. The third-order valence-electron chi connectivity index (χ3n) is 5.33. The highest BCUT2D eigenvalue weighted by atomic mass is 16.5. The van der Waals surface area contributed by atoms with Crippen LogP contribution in [0.2, 0.25) is 0 Å². The molecule has 0 aliphatic carbocycles. The molecule has 0 aliphatic heterocycles. The normalized spacial score (nSPS) is 14.2. The van der Waals surface area contributed by atoms with Crippen LogP contribution in [-0.4, -0.2) is 42.6 Å². The minimum absolute atomic E-state index is 0.182. The quantitative estimate of drug-likeness (QED) is 0.622. The van der Waals surface area contributed by atoms with Crippen LogP contribution in [0.5, 0.6) is 0 Å². The molecule has 2 rings (SSSR count). The van der Waals surface area contributed by atoms with E-state index >= 15 is 0 Å². The van der Waals surface area contributed by atoms with E-state index < -0.39 is 0 Å². The zero-order chi connectivity index (χ0) is 20.6. The van der Waals surface area contributed by atoms with E-state index in [1.165, 1.54) is 21.7 Å². The minimum atomic E-state index is -0.245. The molecule has 4 heteroatoms. The molecule has 0 amide bonds. The highest BCUT2D eigenvalue weighted by Gasteiger charge is 2.17. The Labute approximate surface area is 171 Å². The van der Waals surface area contributed by atoms with E-state index in [2.05, 4.69) is 74.9 Å². The predicted molar refractivity (Wildman–Crippen MR) is 116 cm³/mol. The number of methoxy groups -OCH3 is 1. The second kappa shape index (κ2) is 10.8. The summed E-state index contributed by atoms with van der Waals surface area (Å²) in [4.78, 5) is 1.37. The van der Waals surface area contributed by atoms with Crippen molar-refractivity contribution in [1.82, 2.24) is 4.57 Å². The standard InChI is InChI=1S/C24H38N2O2/c1-6-8-23(27)19-25(15-16-28-5)18-22-9-7-14-26(22)17-20-10-12-21(13-11-20)24(2,3)4/h7,9-14,23,27H,6,8,15-19H2,1-5H3/p+1/t23-/m1/s1. The maximum absolute atomic E-state index is 10.3. The molecule has 2 aromatic rings. The van der Waals surface area contributed by atoms with Gasteiger partial charge >= 0.3 is 0 Å². The summed E-state index contributed by atoms with van der Waals surface area (Å²) in [5, 5.41) is 10.3. The van der Waals surface area contributed by atoms with Crippen LogP contribution in [0.25, 0.3) is 0 Å². The van der Waals surface area contributed by atoms with Crippen molar-refractivity contribution in [3.05, 3.63) is 59.4 Å². The Kier molecular flexibility index (Phi) is 8.74. The van der Waals surface area contributed by atoms with Crippen molar-refractivity contribution in [2.75, 3.05) is 26.8 Å². The second-order valence-electron chi connectivity index (χ2n) is 8.89. The van der Waals surface area contributed by atoms with Crippen LogP contribution >= 0.6 is 0 Å². The van der Waals surface area contributed by atoms with Gasteiger partial charge in [-0.3, -0.25) is 0 Å². The smallest absolute Gasteiger partial charge is 0.118 e. The van der Waals surface area contributed by atoms with Gasteiger partial charge in [0.05, 0.1) is 12.3 Å². The Morgan fingerprint density at radius 3 is 2.46 bits per heavy atom. The zero-order valence-electron chi connectivity index (χ0n) is 18.4. The molecule has 0 radical (unpaired) electrons. The molecule has 1 aromatic heterocycles. The van der Waals surface area contributed by atoms with E-state index in [1.54, 1.807) is 7.11 Å². The molecule has 2 atom stereocenters. The van der Waals surface area contributed by atoms with Crippen LogP contribution in [0.4, 0.5) is 0 Å². The maximum atomic E-state index is 10.3. The Morgan fingerprint density at radius 1 is 1.14 bits per heavy atom. The van der Waals surface area contributed by atoms with Gasteiger partial charge in [-0.1, -0.05) is 58.4 Å². The molecular formula is C24H39N2O2+. The van der Waals surface area contributed by atoms with Crippen molar-refractivity contribution in [2.45, 2.75) is 65.1 Å². The SMILES string of the molecule is CCC[C@@H](O)C[NH+](CCOC)Cc1cccn1Cc1ccc(C(C)(C)C)cc1. The first-order valence-corrected chi connectivity index (χ1v) is 10.6. The summed E-state index contributed by atoms with van der Waals surface area (Å²) >= 11 is 0. The van der Waals surface area contributed by atoms with Crippen molar-refractivity contribution in [3.63, 3.8) is 0 Å². The third kappa shape index (κ3) is 7.08. The summed E-state index contributed by atoms with van der Waals surface area (Å²) in [5.74, 6) is 0. The monoisotopic (exact) mass is 387 g/mol. The number of nitrogens with one attached hydrogen (secondary N) is 1. The molecule has 2 N–H and O–H groups in total. The van der Waals surface area contributed by atoms with Crippen LogP contribution in [0.3, 0.4) is 0 Å². The highest BCUT2D eigenvalue weighted by Crippen LogP contribution is 2.22. The van der Waals surface area contributed by atoms with Gasteiger partial charge in [-0.25, -0.2) is 0 Å². The van der Waals surface area contributed by atoms with Crippen molar-refractivity contribution >= 4 is 0 Å². The Morgan fingerprint density at radius 2 is 1.86 bits per heavy atom. The van der Waals surface area contributed by atoms with E-state index in [0.717, 1.165) is 39.0 Å². The van der Waals surface area contributed by atoms with Gasteiger partial charge < -0.3 is 19.3 Å². The van der Waals surface area contributed by atoms with E-state index in [4.69, 9.17) is 4.74 Å². The first kappa shape index (κ1) is 22.7. The third-order valence-corrected chi connectivity index (χ3v) is 5.33. The molecule has 4 nitrogen and oxygen atoms in total. The fourth-order valence-electron chi connectivity index (χ4n) is 3.60. The van der Waals surface area contributed by atoms with Gasteiger partial charge in [0.1, 0.15) is 25.7 Å². The summed E-state index contributed by atoms with van der Waals surface area (Å²) in [6, 6.07) is 13.3. The van der Waals surface area contributed by atoms with E-state index in [-0.39, 0.29) is 11.5 Å². The fourth-order valence-corrected chi connectivity index (χ4v) is 3.60. The largest absolute Gasteiger partial charge is 0.387 e. The van der Waals surface area contributed by atoms with Crippen LogP contribution in [0, 0.1) is 0 Å². The van der Waals surface area contributed by atoms with Gasteiger partial charge in [0.25, 0.3) is 0 Å². The number of quaternary nitrogens is 1. The topological polar surface area (TPSA) is 38.8 Å². The molecule has 0 fully saturated rings. The van der Waals surface area contributed by atoms with Crippen LogP contribution in [-0.2, 0) is 23.2 Å². The van der Waals surface area contributed by atoms with Gasteiger partial charge in [0.2, 0.25) is 0 Å². The zero-order valence-corrected chi connectivity index (χ0v) is 18.4. The van der Waals surface area contributed by atoms with Gasteiger partial charge in [0.15, 0.2) is 0 Å². The number of hydrogen-bond acceptors (Lipinski definition) is 2. The van der Waals surface area contributed by atoms with Crippen LogP contribution in [0.15, 0.2) is 42.6 Å². The molecular weight excluding hydrogens is 348 g/mol. The molecule has 0 saturated heterocycles. The number of aromatic nitrogens is 1. The van der Waals surface area contributed by atoms with Crippen molar-refractivity contribution in [3.8, 4) is 0 Å². The highest BCUT2D eigenvalue weighted by molar-refractivity contribution is 5.28. The van der Waals surface area contributed by atoms with Gasteiger partial charge in [-0.05, 0) is 35.1 Å². The van der Waals surface area contributed by atoms with E-state index in [9.17, 15) is 5.11 Å². The lowest BCUT2D eigenvalue weighted by Crippen LogP contribution is -3.12. The minimum Gasteiger partial charge on any atom is -0.387 e. The molecule has 28 heavy (non-hydrogen) atoms. The van der Waals surface area contributed by atoms with Crippen molar-refractivity contribution in [2.24, 2.45) is 0 Å². The molecule has 1 aromatic carbocycles. The molecule has 1 heterocycles. The number of aliphatic hydroxyl groups excluding tert-OH is 1. The number of ether oxygens (including phenoxy) is 1. The lowest BCUT2D eigenvalue weighted by molar-refractivity contribution is -0.917. The fraction of sp³-hybridized carbons (Fsp3) is 0.583. The van der Waals surface area contributed by atoms with Crippen molar-refractivity contribution in [1.29, 1.82) is 0 Å². The predicted octanol–water partition coefficient (Wildman–Crippen LogP) is 3.03. The number of rotatable bonds is 11. The first-order valence-electron chi connectivity index (χ1n) is 10.6. The molecule has 0 aliphatic rings. The lowest BCUT2D eigenvalue weighted by atomic mass is 9.87. The van der Waals surface area contributed by atoms with E-state index in [1.807, 2.05) is 0 Å². The first-order chi connectivity index (χ1) is 13.3. The Balaban J connectivity index is 2.06. The second-order valence-corrected chi connectivity index (χ2v) is 8.89. The number of hydrogen-bond donors (Lipinski definition) is 2. The number of aliphatic hydroxyl groups is 1. The molecule has 0 bridgehead atoms. The molecule has 1 unspecified atom stereocenters. The number of benzene rings is 1. The molecule has 0 spiro atoms. The average molecular weight is 388 g/mol. The van der Waals surface area contributed by atoms with Crippen LogP contribution in [0.1, 0.15) is 57.4 Å². The lowest BCUT2D eigenvalue weighted by Gasteiger charge is -2.23. The van der Waals surface area contributed by atoms with Crippen LogP contribution < -0.4 is 4.90 Å². The molecule has 156 valence electrons. The van der Waals surface area contributed by atoms with Gasteiger partial charge in [0, 0.05) is 19.9 Å². The van der Waals surface area contributed by atoms with Crippen molar-refractivity contribution < 1.29 is 14.7 Å². The van der Waals surface area contributed by atoms with E-state index in [0.29, 0.717) is 6.61 Å². The summed E-state index contributed by atoms with van der Waals surface area (Å²) in [5.41, 5.74) is 4.16.